The van der Waals surface area contributed by atoms with Gasteiger partial charge in [0, 0.05) is 41.3 Å². The van der Waals surface area contributed by atoms with E-state index in [9.17, 15) is 9.00 Å². The number of aromatic nitrogens is 1. The van der Waals surface area contributed by atoms with Crippen LogP contribution in [0.25, 0.3) is 0 Å². The topological polar surface area (TPSA) is 86.2 Å². The van der Waals surface area contributed by atoms with Crippen molar-refractivity contribution in [1.82, 2.24) is 4.98 Å². The number of rotatable bonds is 5. The van der Waals surface area contributed by atoms with Gasteiger partial charge in [-0.05, 0) is 56.4 Å². The molecular weight excluding hydrogens is 456 g/mol. The van der Waals surface area contributed by atoms with Crippen molar-refractivity contribution in [3.8, 4) is 0 Å². The summed E-state index contributed by atoms with van der Waals surface area (Å²) in [5, 5.41) is 3.54. The number of pyridine rings is 1. The lowest BCUT2D eigenvalue weighted by molar-refractivity contribution is 0.102. The highest BCUT2D eigenvalue weighted by Gasteiger charge is 2.45. The molecule has 2 saturated carbocycles. The van der Waals surface area contributed by atoms with Gasteiger partial charge in [-0.3, -0.25) is 4.79 Å². The smallest absolute Gasteiger partial charge is 0.259 e. The van der Waals surface area contributed by atoms with Gasteiger partial charge in [-0.1, -0.05) is 36.9 Å². The lowest BCUT2D eigenvalue weighted by Crippen LogP contribution is -2.58. The molecule has 3 fully saturated rings. The largest absolute Gasteiger partial charge is 0.355 e. The molecule has 1 aromatic carbocycles. The van der Waals surface area contributed by atoms with Crippen molar-refractivity contribution >= 4 is 38.7 Å². The average Bonchev–Trinajstić information content (AvgIpc) is 3.59. The van der Waals surface area contributed by atoms with Crippen LogP contribution in [0.1, 0.15) is 72.5 Å². The number of hydrogen-bond donors (Lipinski definition) is 2. The highest BCUT2D eigenvalue weighted by Crippen LogP contribution is 2.49. The number of carbonyl (C=O) groups excluding carboxylic acids is 1. The van der Waals surface area contributed by atoms with E-state index in [1.54, 1.807) is 24.3 Å². The molecule has 1 atom stereocenters. The second kappa shape index (κ2) is 8.27. The Hall–Kier alpha value is -2.12. The normalized spacial score (nSPS) is 21.4. The lowest BCUT2D eigenvalue weighted by atomic mass is 9.68. The van der Waals surface area contributed by atoms with Crippen LogP contribution in [-0.4, -0.2) is 34.4 Å². The summed E-state index contributed by atoms with van der Waals surface area (Å²) in [4.78, 5) is 21.1. The Balaban J connectivity index is 1.48. The molecule has 3 aliphatic rings. The Morgan fingerprint density at radius 1 is 1.24 bits per heavy atom. The fourth-order valence-electron chi connectivity index (χ4n) is 5.36. The summed E-state index contributed by atoms with van der Waals surface area (Å²) in [5.41, 5.74) is 3.09. The molecule has 176 valence electrons. The summed E-state index contributed by atoms with van der Waals surface area (Å²) < 4.78 is 20.0. The maximum atomic E-state index is 13.5. The predicted octanol–water partition coefficient (Wildman–Crippen LogP) is 5.98. The van der Waals surface area contributed by atoms with Crippen molar-refractivity contribution in [3.05, 3.63) is 46.1 Å². The van der Waals surface area contributed by atoms with Gasteiger partial charge >= 0.3 is 0 Å². The Bertz CT molecular complexity index is 1210. The number of nitrogens with one attached hydrogen (secondary N) is 2. The second-order valence-corrected chi connectivity index (χ2v) is 12.7. The standard InChI is InChI=1S/C25H31ClN4O2S/c1-16-20(24(31)28-18-7-6-8-19(13-18)33(2,27)32)23(29-22(21(16)26)17-9-10-17)30-14-25(15-30)11-4-3-5-12-25/h6-8,13,17,27H,3-5,9-12,14-15H2,1-2H3,(H,28,31). The number of anilines is 2. The summed E-state index contributed by atoms with van der Waals surface area (Å²) in [6.07, 6.45) is 9.97. The molecule has 5 rings (SSSR count). The van der Waals surface area contributed by atoms with E-state index in [4.69, 9.17) is 21.4 Å². The molecule has 1 saturated heterocycles. The van der Waals surface area contributed by atoms with Gasteiger partial charge in [-0.2, -0.15) is 0 Å². The van der Waals surface area contributed by atoms with Crippen molar-refractivity contribution in [1.29, 1.82) is 4.78 Å². The van der Waals surface area contributed by atoms with Gasteiger partial charge in [-0.15, -0.1) is 0 Å². The summed E-state index contributed by atoms with van der Waals surface area (Å²) in [5.74, 6) is 0.862. The molecule has 2 N–H and O–H groups in total. The number of hydrogen-bond acceptors (Lipinski definition) is 5. The van der Waals surface area contributed by atoms with E-state index >= 15 is 0 Å². The van der Waals surface area contributed by atoms with E-state index in [0.29, 0.717) is 32.5 Å². The van der Waals surface area contributed by atoms with E-state index in [1.807, 2.05) is 6.92 Å². The van der Waals surface area contributed by atoms with Crippen LogP contribution in [0.2, 0.25) is 5.02 Å². The fraction of sp³-hybridized carbons (Fsp3) is 0.520. The molecule has 1 unspecified atom stereocenters. The zero-order chi connectivity index (χ0) is 23.4. The molecule has 1 aliphatic heterocycles. The highest BCUT2D eigenvalue weighted by atomic mass is 35.5. The van der Waals surface area contributed by atoms with Gasteiger partial charge in [0.05, 0.1) is 26.0 Å². The first-order chi connectivity index (χ1) is 15.7. The molecule has 6 nitrogen and oxygen atoms in total. The van der Waals surface area contributed by atoms with E-state index in [0.717, 1.165) is 43.0 Å². The van der Waals surface area contributed by atoms with Crippen molar-refractivity contribution in [2.24, 2.45) is 5.41 Å². The lowest BCUT2D eigenvalue weighted by Gasteiger charge is -2.53. The van der Waals surface area contributed by atoms with Crippen molar-refractivity contribution < 1.29 is 9.00 Å². The Labute approximate surface area is 201 Å². The highest BCUT2D eigenvalue weighted by molar-refractivity contribution is 7.91. The molecule has 0 radical (unpaired) electrons. The van der Waals surface area contributed by atoms with Crippen LogP contribution >= 0.6 is 11.6 Å². The van der Waals surface area contributed by atoms with E-state index in [2.05, 4.69) is 10.2 Å². The van der Waals surface area contributed by atoms with Crippen LogP contribution in [0.5, 0.6) is 0 Å². The number of benzene rings is 1. The first-order valence-corrected chi connectivity index (χ1v) is 14.1. The quantitative estimate of drug-likeness (QED) is 0.544. The zero-order valence-electron chi connectivity index (χ0n) is 19.2. The minimum Gasteiger partial charge on any atom is -0.355 e. The Morgan fingerprint density at radius 2 is 1.94 bits per heavy atom. The third kappa shape index (κ3) is 4.37. The van der Waals surface area contributed by atoms with Gasteiger partial charge in [0.25, 0.3) is 5.91 Å². The third-order valence-electron chi connectivity index (χ3n) is 7.38. The Kier molecular flexibility index (Phi) is 5.68. The molecule has 2 heterocycles. The molecule has 1 spiro atoms. The summed E-state index contributed by atoms with van der Waals surface area (Å²) >= 11 is 6.72. The van der Waals surface area contributed by atoms with Crippen molar-refractivity contribution in [2.75, 3.05) is 29.6 Å². The number of nitrogens with zero attached hydrogens (tertiary/aromatic N) is 2. The minimum absolute atomic E-state index is 0.270. The van der Waals surface area contributed by atoms with Gasteiger partial charge in [0.15, 0.2) is 0 Å². The molecule has 2 aromatic rings. The van der Waals surface area contributed by atoms with Crippen LogP contribution in [0.3, 0.4) is 0 Å². The van der Waals surface area contributed by atoms with E-state index in [1.165, 1.54) is 38.4 Å². The average molecular weight is 487 g/mol. The van der Waals surface area contributed by atoms with Crippen LogP contribution in [0.4, 0.5) is 11.5 Å². The SMILES string of the molecule is Cc1c(Cl)c(C2CC2)nc(N2CC3(CCCCC3)C2)c1C(=O)Nc1cccc(S(C)(=N)=O)c1. The van der Waals surface area contributed by atoms with Gasteiger partial charge < -0.3 is 10.2 Å². The molecule has 8 heteroatoms. The molecule has 33 heavy (non-hydrogen) atoms. The molecule has 1 aromatic heterocycles. The maximum Gasteiger partial charge on any atom is 0.259 e. The number of carbonyl (C=O) groups is 1. The third-order valence-corrected chi connectivity index (χ3v) is 9.01. The second-order valence-electron chi connectivity index (χ2n) is 10.2. The number of amides is 1. The van der Waals surface area contributed by atoms with Crippen molar-refractivity contribution in [2.45, 2.75) is 62.7 Å². The monoisotopic (exact) mass is 486 g/mol. The maximum absolute atomic E-state index is 13.5. The first-order valence-electron chi connectivity index (χ1n) is 11.8. The fourth-order valence-corrected chi connectivity index (χ4v) is 6.34. The van der Waals surface area contributed by atoms with Gasteiger partial charge in [-0.25, -0.2) is 14.0 Å². The summed E-state index contributed by atoms with van der Waals surface area (Å²) in [6, 6.07) is 6.71. The van der Waals surface area contributed by atoms with Crippen LogP contribution in [0, 0.1) is 17.1 Å². The Morgan fingerprint density at radius 3 is 2.58 bits per heavy atom. The van der Waals surface area contributed by atoms with Crippen LogP contribution in [-0.2, 0) is 9.73 Å². The van der Waals surface area contributed by atoms with Crippen molar-refractivity contribution in [3.63, 3.8) is 0 Å². The molecule has 1 amide bonds. The first kappa shape index (κ1) is 22.7. The molecule has 0 bridgehead atoms. The summed E-state index contributed by atoms with van der Waals surface area (Å²) in [6.45, 7) is 3.79. The zero-order valence-corrected chi connectivity index (χ0v) is 20.8. The van der Waals surface area contributed by atoms with Gasteiger partial charge in [0.2, 0.25) is 0 Å². The van der Waals surface area contributed by atoms with Crippen LogP contribution < -0.4 is 10.2 Å². The van der Waals surface area contributed by atoms with E-state index in [-0.39, 0.29) is 5.91 Å². The van der Waals surface area contributed by atoms with E-state index < -0.39 is 9.73 Å². The minimum atomic E-state index is -2.87. The van der Waals surface area contributed by atoms with Crippen LogP contribution in [0.15, 0.2) is 29.2 Å². The molecule has 2 aliphatic carbocycles. The van der Waals surface area contributed by atoms with Gasteiger partial charge in [0.1, 0.15) is 5.82 Å². The number of halogens is 1. The summed E-state index contributed by atoms with van der Waals surface area (Å²) in [7, 11) is -2.87. The molecular formula is C25H31ClN4O2S. The predicted molar refractivity (Wildman–Crippen MR) is 133 cm³/mol.